The second-order valence-corrected chi connectivity index (χ2v) is 8.65. The monoisotopic (exact) mass is 491 g/mol. The molecule has 0 saturated heterocycles. The van der Waals surface area contributed by atoms with Crippen molar-refractivity contribution in [3.63, 3.8) is 0 Å². The van der Waals surface area contributed by atoms with Crippen LogP contribution in [0.1, 0.15) is 49.8 Å². The van der Waals surface area contributed by atoms with Gasteiger partial charge in [-0.05, 0) is 32.4 Å². The lowest BCUT2D eigenvalue weighted by Crippen LogP contribution is -2.18. The summed E-state index contributed by atoms with van der Waals surface area (Å²) in [7, 11) is 1.51. The van der Waals surface area contributed by atoms with Gasteiger partial charge in [0, 0.05) is 19.2 Å². The van der Waals surface area contributed by atoms with E-state index < -0.39 is 11.9 Å². The Balaban J connectivity index is 1.82. The molecular weight excluding hydrogens is 466 g/mol. The Morgan fingerprint density at radius 3 is 2.51 bits per heavy atom. The smallest absolute Gasteiger partial charge is 0.341 e. The summed E-state index contributed by atoms with van der Waals surface area (Å²) in [6.45, 7) is 6.05. The molecule has 0 bridgehead atoms. The average molecular weight is 492 g/mol. The van der Waals surface area contributed by atoms with Crippen molar-refractivity contribution in [2.75, 3.05) is 19.0 Å². The topological polar surface area (TPSA) is 115 Å². The zero-order valence-electron chi connectivity index (χ0n) is 19.8. The number of rotatable bonds is 7. The van der Waals surface area contributed by atoms with E-state index in [1.54, 1.807) is 30.8 Å². The van der Waals surface area contributed by atoms with Gasteiger partial charge in [0.15, 0.2) is 5.65 Å². The van der Waals surface area contributed by atoms with Gasteiger partial charge in [-0.3, -0.25) is 9.59 Å². The van der Waals surface area contributed by atoms with Crippen molar-refractivity contribution < 1.29 is 19.1 Å². The van der Waals surface area contributed by atoms with Crippen LogP contribution < -0.4 is 10.6 Å². The third-order valence-electron chi connectivity index (χ3n) is 5.51. The molecule has 3 heterocycles. The average Bonchev–Trinajstić information content (AvgIpc) is 3.43. The van der Waals surface area contributed by atoms with E-state index in [-0.39, 0.29) is 23.1 Å². The lowest BCUT2D eigenvalue weighted by molar-refractivity contribution is 0.0527. The number of pyridine rings is 1. The lowest BCUT2D eigenvalue weighted by atomic mass is 10.1. The van der Waals surface area contributed by atoms with Crippen LogP contribution in [-0.4, -0.2) is 46.2 Å². The maximum atomic E-state index is 13.6. The number of aryl methyl sites for hydroxylation is 1. The number of carbonyl (C=O) groups is 3. The number of ether oxygens (including phenoxy) is 1. The Labute approximate surface area is 206 Å². The van der Waals surface area contributed by atoms with Crippen LogP contribution in [0, 0.1) is 6.92 Å². The maximum absolute atomic E-state index is 13.6. The van der Waals surface area contributed by atoms with Crippen LogP contribution in [-0.2, 0) is 11.3 Å². The number of aromatic nitrogens is 3. The minimum atomic E-state index is -0.602. The summed E-state index contributed by atoms with van der Waals surface area (Å²) in [6.07, 6.45) is 1.61. The Bertz CT molecular complexity index is 1420. The van der Waals surface area contributed by atoms with E-state index in [0.29, 0.717) is 39.3 Å². The molecule has 2 N–H and O–H groups in total. The first-order chi connectivity index (χ1) is 16.9. The number of carbonyl (C=O) groups excluding carboxylic acids is 3. The highest BCUT2D eigenvalue weighted by Crippen LogP contribution is 2.35. The van der Waals surface area contributed by atoms with Crippen molar-refractivity contribution in [2.24, 2.45) is 0 Å². The van der Waals surface area contributed by atoms with Gasteiger partial charge in [0.25, 0.3) is 11.8 Å². The van der Waals surface area contributed by atoms with Gasteiger partial charge in [0.1, 0.15) is 5.00 Å². The molecule has 180 valence electrons. The van der Waals surface area contributed by atoms with Crippen molar-refractivity contribution >= 4 is 45.2 Å². The molecule has 0 atom stereocenters. The Kier molecular flexibility index (Phi) is 6.92. The maximum Gasteiger partial charge on any atom is 0.341 e. The Morgan fingerprint density at radius 2 is 1.86 bits per heavy atom. The van der Waals surface area contributed by atoms with Crippen LogP contribution in [0.3, 0.4) is 0 Å². The number of anilines is 1. The van der Waals surface area contributed by atoms with Crippen LogP contribution in [0.25, 0.3) is 22.3 Å². The Morgan fingerprint density at radius 1 is 1.11 bits per heavy atom. The molecule has 35 heavy (non-hydrogen) atoms. The largest absolute Gasteiger partial charge is 0.462 e. The van der Waals surface area contributed by atoms with Gasteiger partial charge in [-0.15, -0.1) is 11.3 Å². The fourth-order valence-electron chi connectivity index (χ4n) is 3.77. The number of fused-ring (bicyclic) bond motifs is 1. The van der Waals surface area contributed by atoms with Crippen LogP contribution >= 0.6 is 11.3 Å². The fraction of sp³-hybridized carbons (Fsp3) is 0.240. The van der Waals surface area contributed by atoms with Crippen LogP contribution in [0.4, 0.5) is 5.00 Å². The number of nitrogens with one attached hydrogen (secondary N) is 2. The van der Waals surface area contributed by atoms with Crippen molar-refractivity contribution in [1.29, 1.82) is 0 Å². The molecule has 0 unspecified atom stereocenters. The van der Waals surface area contributed by atoms with Gasteiger partial charge in [-0.25, -0.2) is 14.5 Å². The molecule has 0 radical (unpaired) electrons. The minimum absolute atomic E-state index is 0.165. The Hall–Kier alpha value is -4.05. The first-order valence-electron chi connectivity index (χ1n) is 11.1. The second-order valence-electron chi connectivity index (χ2n) is 7.63. The highest BCUT2D eigenvalue weighted by atomic mass is 32.1. The van der Waals surface area contributed by atoms with Gasteiger partial charge in [-0.2, -0.15) is 5.10 Å². The highest BCUT2D eigenvalue weighted by molar-refractivity contribution is 7.18. The summed E-state index contributed by atoms with van der Waals surface area (Å²) >= 11 is 1.03. The molecule has 1 aromatic carbocycles. The molecule has 0 aliphatic rings. The third kappa shape index (κ3) is 4.52. The number of hydrogen-bond acceptors (Lipinski definition) is 7. The second kappa shape index (κ2) is 10.1. The molecule has 0 saturated carbocycles. The normalized spacial score (nSPS) is 10.9. The number of benzene rings is 1. The molecule has 4 aromatic rings. The van der Waals surface area contributed by atoms with E-state index in [4.69, 9.17) is 9.72 Å². The third-order valence-corrected chi connectivity index (χ3v) is 6.72. The summed E-state index contributed by atoms with van der Waals surface area (Å²) in [4.78, 5) is 43.7. The number of hydrogen-bond donors (Lipinski definition) is 2. The van der Waals surface area contributed by atoms with Gasteiger partial charge in [-0.1, -0.05) is 30.3 Å². The van der Waals surface area contributed by atoms with Gasteiger partial charge >= 0.3 is 5.97 Å². The molecule has 4 rings (SSSR count). The lowest BCUT2D eigenvalue weighted by Gasteiger charge is -2.10. The molecule has 3 aromatic heterocycles. The molecular formula is C25H25N5O4S. The van der Waals surface area contributed by atoms with Gasteiger partial charge in [0.2, 0.25) is 0 Å². The van der Waals surface area contributed by atoms with E-state index in [0.717, 1.165) is 16.9 Å². The van der Waals surface area contributed by atoms with Crippen molar-refractivity contribution in [2.45, 2.75) is 27.3 Å². The summed E-state index contributed by atoms with van der Waals surface area (Å²) in [5, 5.41) is 10.6. The first-order valence-corrected chi connectivity index (χ1v) is 12.0. The molecule has 0 aliphatic heterocycles. The zero-order chi connectivity index (χ0) is 25.1. The quantitative estimate of drug-likeness (QED) is 0.373. The van der Waals surface area contributed by atoms with E-state index >= 15 is 0 Å². The van der Waals surface area contributed by atoms with Crippen molar-refractivity contribution in [1.82, 2.24) is 20.1 Å². The zero-order valence-corrected chi connectivity index (χ0v) is 20.7. The number of esters is 1. The number of nitrogens with zero attached hydrogens (tertiary/aromatic N) is 3. The van der Waals surface area contributed by atoms with E-state index in [1.165, 1.54) is 7.05 Å². The van der Waals surface area contributed by atoms with Crippen LogP contribution in [0.2, 0.25) is 0 Å². The summed E-state index contributed by atoms with van der Waals surface area (Å²) < 4.78 is 6.91. The van der Waals surface area contributed by atoms with Gasteiger partial charge < -0.3 is 15.4 Å². The summed E-state index contributed by atoms with van der Waals surface area (Å²) in [5.41, 5.74) is 3.04. The summed E-state index contributed by atoms with van der Waals surface area (Å²) in [5.74, 6) is -1.39. The highest BCUT2D eigenvalue weighted by Gasteiger charge is 2.27. The van der Waals surface area contributed by atoms with Crippen molar-refractivity contribution in [3.05, 3.63) is 64.2 Å². The van der Waals surface area contributed by atoms with Gasteiger partial charge in [0.05, 0.1) is 39.9 Å². The molecule has 0 aliphatic carbocycles. The molecule has 9 nitrogen and oxygen atoms in total. The van der Waals surface area contributed by atoms with Crippen molar-refractivity contribution in [3.8, 4) is 11.3 Å². The minimum Gasteiger partial charge on any atom is -0.462 e. The first kappa shape index (κ1) is 24.1. The van der Waals surface area contributed by atoms with E-state index in [1.807, 2.05) is 37.3 Å². The molecule has 0 spiro atoms. The van der Waals surface area contributed by atoms with Crippen LogP contribution in [0.15, 0.2) is 42.6 Å². The molecule has 10 heteroatoms. The number of thiophene rings is 1. The van der Waals surface area contributed by atoms with Crippen LogP contribution in [0.5, 0.6) is 0 Å². The van der Waals surface area contributed by atoms with E-state index in [9.17, 15) is 14.4 Å². The SMILES string of the molecule is CCOC(=O)c1c(NC(=O)c2cc(-c3ccccc3)nc3c2cnn3CC)sc(C(=O)NC)c1C. The molecule has 2 amide bonds. The fourth-order valence-corrected chi connectivity index (χ4v) is 4.91. The molecule has 0 fully saturated rings. The number of amides is 2. The predicted octanol–water partition coefficient (Wildman–Crippen LogP) is 4.28. The predicted molar refractivity (Wildman–Crippen MR) is 135 cm³/mol. The summed E-state index contributed by atoms with van der Waals surface area (Å²) in [6, 6.07) is 11.3. The standard InChI is InChI=1S/C25H25N5O4S/c1-5-30-21-17(13-27-30)16(12-18(28-21)15-10-8-7-9-11-15)22(31)29-24-19(25(33)34-6-2)14(3)20(35-24)23(32)26-4/h7-13H,5-6H2,1-4H3,(H,26,32)(H,29,31). The van der Waals surface area contributed by atoms with E-state index in [2.05, 4.69) is 15.7 Å².